The van der Waals surface area contributed by atoms with Gasteiger partial charge in [0.05, 0.1) is 11.4 Å². The molecule has 1 heteroatoms. The summed E-state index contributed by atoms with van der Waals surface area (Å²) in [5.41, 5.74) is 5.99. The molecule has 1 heterocycles. The van der Waals surface area contributed by atoms with E-state index in [1.54, 1.807) is 0 Å². The molecule has 1 aliphatic rings. The second kappa shape index (κ2) is 2.61. The van der Waals surface area contributed by atoms with E-state index in [1.165, 1.54) is 16.7 Å². The maximum absolute atomic E-state index is 4.56. The van der Waals surface area contributed by atoms with Crippen molar-refractivity contribution in [3.8, 4) is 11.1 Å². The SMILES string of the molecule is Cc1ccc2c(c1)-c1ccccc1[N]2. The molecule has 0 unspecified atom stereocenters. The van der Waals surface area contributed by atoms with E-state index in [1.807, 2.05) is 6.07 Å². The number of rotatable bonds is 0. The molecule has 0 saturated carbocycles. The molecule has 67 valence electrons. The fourth-order valence-corrected chi connectivity index (χ4v) is 1.89. The molecule has 0 saturated heterocycles. The molecule has 14 heavy (non-hydrogen) atoms. The molecule has 0 aliphatic carbocycles. The molecular formula is C13H10N. The molecule has 1 aliphatic heterocycles. The van der Waals surface area contributed by atoms with E-state index >= 15 is 0 Å². The lowest BCUT2D eigenvalue weighted by Gasteiger charge is -1.98. The van der Waals surface area contributed by atoms with Gasteiger partial charge in [-0.1, -0.05) is 29.8 Å². The second-order valence-electron chi connectivity index (χ2n) is 3.65. The normalized spacial score (nSPS) is 11.8. The maximum Gasteiger partial charge on any atom is 0.0716 e. The van der Waals surface area contributed by atoms with Crippen LogP contribution in [0, 0.1) is 6.92 Å². The Balaban J connectivity index is 2.30. The fraction of sp³-hybridized carbons (Fsp3) is 0.0769. The first-order valence-electron chi connectivity index (χ1n) is 4.76. The van der Waals surface area contributed by atoms with Crippen molar-refractivity contribution in [3.63, 3.8) is 0 Å². The molecule has 0 N–H and O–H groups in total. The molecule has 2 aromatic carbocycles. The number of nitrogens with zero attached hydrogens (tertiary/aromatic N) is 1. The van der Waals surface area contributed by atoms with Gasteiger partial charge >= 0.3 is 0 Å². The van der Waals surface area contributed by atoms with Crippen LogP contribution in [0.2, 0.25) is 0 Å². The molecule has 1 nitrogen and oxygen atoms in total. The number of benzene rings is 2. The summed E-state index contributed by atoms with van der Waals surface area (Å²) in [4.78, 5) is 0. The molecule has 2 aromatic rings. The summed E-state index contributed by atoms with van der Waals surface area (Å²) in [6.07, 6.45) is 0. The van der Waals surface area contributed by atoms with Crippen LogP contribution in [0.5, 0.6) is 0 Å². The highest BCUT2D eigenvalue weighted by Crippen LogP contribution is 2.42. The summed E-state index contributed by atoms with van der Waals surface area (Å²) in [5.74, 6) is 0. The number of fused-ring (bicyclic) bond motifs is 3. The van der Waals surface area contributed by atoms with E-state index in [9.17, 15) is 0 Å². The quantitative estimate of drug-likeness (QED) is 0.502. The van der Waals surface area contributed by atoms with Crippen molar-refractivity contribution in [2.45, 2.75) is 6.92 Å². The van der Waals surface area contributed by atoms with Gasteiger partial charge in [-0.15, -0.1) is 0 Å². The zero-order valence-corrected chi connectivity index (χ0v) is 7.99. The Hall–Kier alpha value is -1.76. The molecule has 0 amide bonds. The van der Waals surface area contributed by atoms with Gasteiger partial charge in [0.25, 0.3) is 0 Å². The Kier molecular flexibility index (Phi) is 1.42. The molecule has 1 radical (unpaired) electrons. The minimum Gasteiger partial charge on any atom is -0.248 e. The van der Waals surface area contributed by atoms with Gasteiger partial charge in [0.15, 0.2) is 0 Å². The Morgan fingerprint density at radius 2 is 1.64 bits per heavy atom. The highest BCUT2D eigenvalue weighted by atomic mass is 14.9. The lowest BCUT2D eigenvalue weighted by atomic mass is 10.0. The predicted octanol–water partition coefficient (Wildman–Crippen LogP) is 3.54. The minimum absolute atomic E-state index is 1.09. The van der Waals surface area contributed by atoms with Crippen molar-refractivity contribution >= 4 is 11.4 Å². The zero-order valence-electron chi connectivity index (χ0n) is 7.99. The Morgan fingerprint density at radius 1 is 0.857 bits per heavy atom. The maximum atomic E-state index is 4.56. The van der Waals surface area contributed by atoms with Crippen LogP contribution in [0.15, 0.2) is 42.5 Å². The van der Waals surface area contributed by atoms with Crippen LogP contribution in [-0.4, -0.2) is 0 Å². The number of aryl methyl sites for hydroxylation is 1. The van der Waals surface area contributed by atoms with Crippen molar-refractivity contribution < 1.29 is 0 Å². The first-order chi connectivity index (χ1) is 6.84. The summed E-state index contributed by atoms with van der Waals surface area (Å²) in [6, 6.07) is 14.7. The predicted molar refractivity (Wildman–Crippen MR) is 58.1 cm³/mol. The topological polar surface area (TPSA) is 14.1 Å². The van der Waals surface area contributed by atoms with Gasteiger partial charge in [-0.05, 0) is 25.1 Å². The van der Waals surface area contributed by atoms with Crippen LogP contribution >= 0.6 is 0 Å². The Morgan fingerprint density at radius 3 is 2.57 bits per heavy atom. The van der Waals surface area contributed by atoms with E-state index in [4.69, 9.17) is 0 Å². The van der Waals surface area contributed by atoms with Gasteiger partial charge in [0, 0.05) is 11.1 Å². The third-order valence-corrected chi connectivity index (χ3v) is 2.59. The highest BCUT2D eigenvalue weighted by molar-refractivity contribution is 5.90. The average molecular weight is 180 g/mol. The smallest absolute Gasteiger partial charge is 0.0716 e. The van der Waals surface area contributed by atoms with Gasteiger partial charge in [-0.3, -0.25) is 0 Å². The van der Waals surface area contributed by atoms with Gasteiger partial charge in [-0.25, -0.2) is 5.32 Å². The summed E-state index contributed by atoms with van der Waals surface area (Å²) < 4.78 is 0. The standard InChI is InChI=1S/C13H10N/c1-9-6-7-13-11(8-9)10-4-2-3-5-12(10)14-13/h2-8H,1H3. The number of hydrogen-bond donors (Lipinski definition) is 0. The van der Waals surface area contributed by atoms with Gasteiger partial charge < -0.3 is 0 Å². The van der Waals surface area contributed by atoms with Crippen LogP contribution in [0.3, 0.4) is 0 Å². The first-order valence-corrected chi connectivity index (χ1v) is 4.76. The Bertz CT molecular complexity index is 500. The van der Waals surface area contributed by atoms with Crippen molar-refractivity contribution in [2.24, 2.45) is 0 Å². The van der Waals surface area contributed by atoms with E-state index in [-0.39, 0.29) is 0 Å². The first kappa shape index (κ1) is 7.63. The largest absolute Gasteiger partial charge is 0.248 e. The van der Waals surface area contributed by atoms with E-state index in [0.717, 1.165) is 11.4 Å². The molecule has 0 atom stereocenters. The van der Waals surface area contributed by atoms with Crippen molar-refractivity contribution in [2.75, 3.05) is 0 Å². The van der Waals surface area contributed by atoms with Crippen LogP contribution in [0.4, 0.5) is 11.4 Å². The molecular weight excluding hydrogens is 170 g/mol. The van der Waals surface area contributed by atoms with Gasteiger partial charge in [0.1, 0.15) is 0 Å². The summed E-state index contributed by atoms with van der Waals surface area (Å²) in [6.45, 7) is 2.11. The lowest BCUT2D eigenvalue weighted by molar-refractivity contribution is 1.23. The molecule has 3 rings (SSSR count). The van der Waals surface area contributed by atoms with Crippen LogP contribution in [0.25, 0.3) is 11.1 Å². The van der Waals surface area contributed by atoms with Crippen molar-refractivity contribution in [1.82, 2.24) is 5.32 Å². The Labute approximate surface area is 83.4 Å². The van der Waals surface area contributed by atoms with Crippen LogP contribution in [-0.2, 0) is 0 Å². The molecule has 0 fully saturated rings. The average Bonchev–Trinajstić information content (AvgIpc) is 2.56. The summed E-state index contributed by atoms with van der Waals surface area (Å²) in [7, 11) is 0. The van der Waals surface area contributed by atoms with E-state index in [0.29, 0.717) is 0 Å². The minimum atomic E-state index is 1.09. The summed E-state index contributed by atoms with van der Waals surface area (Å²) in [5, 5.41) is 4.56. The summed E-state index contributed by atoms with van der Waals surface area (Å²) >= 11 is 0. The third-order valence-electron chi connectivity index (χ3n) is 2.59. The van der Waals surface area contributed by atoms with E-state index in [2.05, 4.69) is 48.6 Å². The van der Waals surface area contributed by atoms with Gasteiger partial charge in [-0.2, -0.15) is 0 Å². The lowest BCUT2D eigenvalue weighted by Crippen LogP contribution is -1.80. The number of hydrogen-bond acceptors (Lipinski definition) is 0. The van der Waals surface area contributed by atoms with Crippen LogP contribution < -0.4 is 5.32 Å². The zero-order chi connectivity index (χ0) is 9.54. The molecule has 0 spiro atoms. The highest BCUT2D eigenvalue weighted by Gasteiger charge is 2.18. The molecule has 0 bridgehead atoms. The monoisotopic (exact) mass is 180 g/mol. The molecule has 0 aromatic heterocycles. The van der Waals surface area contributed by atoms with Crippen molar-refractivity contribution in [3.05, 3.63) is 48.0 Å². The van der Waals surface area contributed by atoms with E-state index < -0.39 is 0 Å². The third kappa shape index (κ3) is 0.956. The number of para-hydroxylation sites is 1. The fourth-order valence-electron chi connectivity index (χ4n) is 1.89. The van der Waals surface area contributed by atoms with Gasteiger partial charge in [0.2, 0.25) is 0 Å². The van der Waals surface area contributed by atoms with Crippen LogP contribution in [0.1, 0.15) is 5.56 Å². The van der Waals surface area contributed by atoms with Crippen molar-refractivity contribution in [1.29, 1.82) is 0 Å². The second-order valence-corrected chi connectivity index (χ2v) is 3.65.